The van der Waals surface area contributed by atoms with Crippen molar-refractivity contribution in [3.8, 4) is 11.5 Å². The van der Waals surface area contributed by atoms with Crippen LogP contribution in [-0.4, -0.2) is 32.1 Å². The Morgan fingerprint density at radius 1 is 1.18 bits per heavy atom. The van der Waals surface area contributed by atoms with Gasteiger partial charge >= 0.3 is 6.16 Å². The summed E-state index contributed by atoms with van der Waals surface area (Å²) >= 11 is 0. The summed E-state index contributed by atoms with van der Waals surface area (Å²) in [5.41, 5.74) is 1.36. The van der Waals surface area contributed by atoms with E-state index in [1.165, 1.54) is 45.6 Å². The van der Waals surface area contributed by atoms with Crippen molar-refractivity contribution in [2.45, 2.75) is 58.4 Å². The second-order valence-corrected chi connectivity index (χ2v) is 8.93. The quantitative estimate of drug-likeness (QED) is 0.381. The van der Waals surface area contributed by atoms with Crippen LogP contribution in [-0.2, 0) is 4.74 Å². The predicted molar refractivity (Wildman–Crippen MR) is 108 cm³/mol. The highest BCUT2D eigenvalue weighted by Gasteiger charge is 2.53. The highest BCUT2D eigenvalue weighted by Crippen LogP contribution is 2.61. The lowest BCUT2D eigenvalue weighted by molar-refractivity contribution is -0.0632. The molecule has 4 saturated carbocycles. The molecular formula is C23H31NO4. The number of aliphatic imine (C=N–C) groups is 1. The molecule has 0 aliphatic heterocycles. The second-order valence-electron chi connectivity index (χ2n) is 8.93. The molecule has 5 rings (SSSR count). The van der Waals surface area contributed by atoms with Crippen molar-refractivity contribution in [3.63, 3.8) is 0 Å². The van der Waals surface area contributed by atoms with Gasteiger partial charge in [0.05, 0.1) is 19.8 Å². The molecule has 28 heavy (non-hydrogen) atoms. The Kier molecular flexibility index (Phi) is 5.35. The lowest BCUT2D eigenvalue weighted by atomic mass is 9.48. The maximum atomic E-state index is 11.4. The van der Waals surface area contributed by atoms with Gasteiger partial charge in [0.25, 0.3) is 0 Å². The van der Waals surface area contributed by atoms with Crippen molar-refractivity contribution in [2.75, 3.05) is 13.7 Å². The third-order valence-corrected chi connectivity index (χ3v) is 7.05. The van der Waals surface area contributed by atoms with E-state index in [1.807, 2.05) is 25.3 Å². The zero-order valence-electron chi connectivity index (χ0n) is 17.1. The number of methoxy groups -OCH3 is 1. The highest BCUT2D eigenvalue weighted by atomic mass is 16.7. The third kappa shape index (κ3) is 3.76. The average molecular weight is 386 g/mol. The molecule has 152 valence electrons. The Hall–Kier alpha value is -2.04. The SMILES string of the molecule is CCOc1cc(C=NC(C)C23CC4CC(CC(C4)C2)C3)ccc1OC(=O)OC. The number of hydrogen-bond acceptors (Lipinski definition) is 5. The van der Waals surface area contributed by atoms with E-state index in [1.54, 1.807) is 6.07 Å². The van der Waals surface area contributed by atoms with Gasteiger partial charge in [-0.2, -0.15) is 0 Å². The highest BCUT2D eigenvalue weighted by molar-refractivity contribution is 5.81. The lowest BCUT2D eigenvalue weighted by Crippen LogP contribution is -2.50. The summed E-state index contributed by atoms with van der Waals surface area (Å²) in [4.78, 5) is 16.4. The molecule has 0 amide bonds. The normalized spacial score (nSPS) is 31.8. The van der Waals surface area contributed by atoms with Crippen molar-refractivity contribution in [1.82, 2.24) is 0 Å². The fraction of sp³-hybridized carbons (Fsp3) is 0.652. The van der Waals surface area contributed by atoms with Crippen molar-refractivity contribution < 1.29 is 19.0 Å². The van der Waals surface area contributed by atoms with Crippen LogP contribution in [0.15, 0.2) is 23.2 Å². The summed E-state index contributed by atoms with van der Waals surface area (Å²) < 4.78 is 15.4. The van der Waals surface area contributed by atoms with Crippen LogP contribution < -0.4 is 9.47 Å². The average Bonchev–Trinajstić information content (AvgIpc) is 2.66. The van der Waals surface area contributed by atoms with E-state index in [2.05, 4.69) is 11.7 Å². The third-order valence-electron chi connectivity index (χ3n) is 7.05. The molecule has 5 heteroatoms. The van der Waals surface area contributed by atoms with Crippen LogP contribution in [0.25, 0.3) is 0 Å². The Balaban J connectivity index is 1.49. The zero-order valence-corrected chi connectivity index (χ0v) is 17.1. The van der Waals surface area contributed by atoms with Gasteiger partial charge in [-0.1, -0.05) is 0 Å². The first-order chi connectivity index (χ1) is 13.5. The van der Waals surface area contributed by atoms with Gasteiger partial charge < -0.3 is 14.2 Å². The molecule has 4 fully saturated rings. The monoisotopic (exact) mass is 385 g/mol. The fourth-order valence-corrected chi connectivity index (χ4v) is 6.13. The number of hydrogen-bond donors (Lipinski definition) is 0. The van der Waals surface area contributed by atoms with Gasteiger partial charge in [0.1, 0.15) is 0 Å². The van der Waals surface area contributed by atoms with Crippen LogP contribution in [0.3, 0.4) is 0 Å². The van der Waals surface area contributed by atoms with Crippen LogP contribution in [0.5, 0.6) is 11.5 Å². The van der Waals surface area contributed by atoms with Gasteiger partial charge in [0.2, 0.25) is 0 Å². The second kappa shape index (κ2) is 7.76. The van der Waals surface area contributed by atoms with Crippen LogP contribution >= 0.6 is 0 Å². The molecule has 0 radical (unpaired) electrons. The summed E-state index contributed by atoms with van der Waals surface area (Å²) in [6, 6.07) is 5.84. The summed E-state index contributed by atoms with van der Waals surface area (Å²) in [6.45, 7) is 4.68. The number of benzene rings is 1. The summed E-state index contributed by atoms with van der Waals surface area (Å²) in [5, 5.41) is 0. The molecule has 0 N–H and O–H groups in total. The molecule has 1 unspecified atom stereocenters. The minimum Gasteiger partial charge on any atom is -0.490 e. The molecule has 1 aromatic rings. The lowest BCUT2D eigenvalue weighted by Gasteiger charge is -2.58. The molecular weight excluding hydrogens is 354 g/mol. The summed E-state index contributed by atoms with van der Waals surface area (Å²) in [7, 11) is 1.29. The van der Waals surface area contributed by atoms with Crippen molar-refractivity contribution in [3.05, 3.63) is 23.8 Å². The number of nitrogens with zero attached hydrogens (tertiary/aromatic N) is 1. The number of carbonyl (C=O) groups is 1. The number of ether oxygens (including phenoxy) is 3. The van der Waals surface area contributed by atoms with Gasteiger partial charge in [0, 0.05) is 6.21 Å². The molecule has 1 atom stereocenters. The van der Waals surface area contributed by atoms with Crippen molar-refractivity contribution >= 4 is 12.4 Å². The van der Waals surface area contributed by atoms with Crippen LogP contribution in [0, 0.1) is 23.2 Å². The maximum Gasteiger partial charge on any atom is 0.513 e. The standard InChI is InChI=1S/C23H31NO4/c1-4-27-21-10-16(5-6-20(21)28-22(25)26-3)14-24-15(2)23-11-17-7-18(12-23)9-19(8-17)13-23/h5-6,10,14-15,17-19H,4,7-9,11-13H2,1-3H3. The van der Waals surface area contributed by atoms with E-state index < -0.39 is 6.16 Å². The molecule has 0 saturated heterocycles. The molecule has 0 spiro atoms. The molecule has 4 aliphatic carbocycles. The van der Waals surface area contributed by atoms with Crippen molar-refractivity contribution in [1.29, 1.82) is 0 Å². The fourth-order valence-electron chi connectivity index (χ4n) is 6.13. The summed E-state index contributed by atoms with van der Waals surface area (Å²) in [6.07, 6.45) is 9.62. The number of carbonyl (C=O) groups excluding carboxylic acids is 1. The predicted octanol–water partition coefficient (Wildman–Crippen LogP) is 5.25. The van der Waals surface area contributed by atoms with Gasteiger partial charge in [-0.3, -0.25) is 4.99 Å². The van der Waals surface area contributed by atoms with E-state index in [9.17, 15) is 4.79 Å². The Labute approximate surface area is 167 Å². The van der Waals surface area contributed by atoms with Gasteiger partial charge in [-0.25, -0.2) is 4.79 Å². The molecule has 4 aliphatic rings. The molecule has 1 aromatic carbocycles. The first-order valence-electron chi connectivity index (χ1n) is 10.6. The molecule has 4 bridgehead atoms. The van der Waals surface area contributed by atoms with E-state index in [0.29, 0.717) is 29.6 Å². The topological polar surface area (TPSA) is 57.1 Å². The van der Waals surface area contributed by atoms with E-state index in [-0.39, 0.29) is 0 Å². The van der Waals surface area contributed by atoms with Crippen LogP contribution in [0.2, 0.25) is 0 Å². The smallest absolute Gasteiger partial charge is 0.490 e. The minimum absolute atomic E-state index is 0.336. The molecule has 5 nitrogen and oxygen atoms in total. The Morgan fingerprint density at radius 3 is 2.39 bits per heavy atom. The van der Waals surface area contributed by atoms with Crippen LogP contribution in [0.4, 0.5) is 4.79 Å². The van der Waals surface area contributed by atoms with Gasteiger partial charge in [-0.05, 0) is 99.3 Å². The molecule has 0 aromatic heterocycles. The van der Waals surface area contributed by atoms with E-state index >= 15 is 0 Å². The van der Waals surface area contributed by atoms with Crippen LogP contribution in [0.1, 0.15) is 57.9 Å². The van der Waals surface area contributed by atoms with E-state index in [4.69, 9.17) is 14.5 Å². The van der Waals surface area contributed by atoms with Crippen molar-refractivity contribution in [2.24, 2.45) is 28.2 Å². The summed E-state index contributed by atoms with van der Waals surface area (Å²) in [5.74, 6) is 3.69. The number of rotatable bonds is 6. The molecule has 0 heterocycles. The largest absolute Gasteiger partial charge is 0.513 e. The first kappa shape index (κ1) is 19.3. The first-order valence-corrected chi connectivity index (χ1v) is 10.6. The van der Waals surface area contributed by atoms with Gasteiger partial charge in [-0.15, -0.1) is 0 Å². The maximum absolute atomic E-state index is 11.4. The Bertz CT molecular complexity index is 722. The Morgan fingerprint density at radius 2 is 1.82 bits per heavy atom. The van der Waals surface area contributed by atoms with E-state index in [0.717, 1.165) is 23.3 Å². The zero-order chi connectivity index (χ0) is 19.7. The minimum atomic E-state index is -0.752. The van der Waals surface area contributed by atoms with Gasteiger partial charge in [0.15, 0.2) is 11.5 Å².